The second kappa shape index (κ2) is 16.7. The van der Waals surface area contributed by atoms with E-state index >= 15 is 0 Å². The summed E-state index contributed by atoms with van der Waals surface area (Å²) in [5.41, 5.74) is 0. The molecule has 0 amide bonds. The molecule has 0 spiro atoms. The Morgan fingerprint density at radius 2 is 2.06 bits per heavy atom. The molecule has 0 heterocycles. The van der Waals surface area contributed by atoms with Gasteiger partial charge in [0.25, 0.3) is 0 Å². The van der Waals surface area contributed by atoms with E-state index in [-0.39, 0.29) is 24.0 Å². The van der Waals surface area contributed by atoms with Crippen molar-refractivity contribution < 1.29 is 9.47 Å². The molecule has 5 nitrogen and oxygen atoms in total. The van der Waals surface area contributed by atoms with E-state index in [0.29, 0.717) is 19.8 Å². The summed E-state index contributed by atoms with van der Waals surface area (Å²) < 4.78 is 10.2. The van der Waals surface area contributed by atoms with Gasteiger partial charge in [-0.3, -0.25) is 4.99 Å². The molecular weight excluding hydrogens is 345 g/mol. The molecule has 0 aromatic rings. The molecule has 18 heavy (non-hydrogen) atoms. The Morgan fingerprint density at radius 3 is 2.67 bits per heavy atom. The van der Waals surface area contributed by atoms with Crippen molar-refractivity contribution in [1.82, 2.24) is 10.6 Å². The Balaban J connectivity index is 0. The molecule has 0 bridgehead atoms. The first kappa shape index (κ1) is 20.0. The van der Waals surface area contributed by atoms with Crippen LogP contribution in [0, 0.1) is 0 Å². The predicted octanol–water partition coefficient (Wildman–Crippen LogP) is 1.40. The standard InChI is InChI=1S/C12H25N3O2.HI/c1-4-7-14-12(13-5-2)15-8-6-9-17-11-10-16-3;/h4H,1,5-11H2,2-3H3,(H2,13,14,15);1H. The summed E-state index contributed by atoms with van der Waals surface area (Å²) in [6, 6.07) is 0. The van der Waals surface area contributed by atoms with Gasteiger partial charge in [0.1, 0.15) is 0 Å². The molecule has 0 aromatic carbocycles. The lowest BCUT2D eigenvalue weighted by molar-refractivity contribution is 0.0702. The van der Waals surface area contributed by atoms with Gasteiger partial charge in [-0.2, -0.15) is 0 Å². The number of rotatable bonds is 10. The first-order chi connectivity index (χ1) is 8.35. The minimum absolute atomic E-state index is 0. The molecule has 0 aliphatic carbocycles. The van der Waals surface area contributed by atoms with Crippen molar-refractivity contribution in [3.05, 3.63) is 12.7 Å². The van der Waals surface area contributed by atoms with Crippen LogP contribution in [0.15, 0.2) is 17.6 Å². The highest BCUT2D eigenvalue weighted by atomic mass is 127. The number of guanidine groups is 1. The summed E-state index contributed by atoms with van der Waals surface area (Å²) in [7, 11) is 1.67. The van der Waals surface area contributed by atoms with Gasteiger partial charge in [0.2, 0.25) is 0 Å². The Labute approximate surface area is 127 Å². The third kappa shape index (κ3) is 13.7. The molecule has 6 heteroatoms. The Bertz CT molecular complexity index is 213. The van der Waals surface area contributed by atoms with Crippen LogP contribution in [0.4, 0.5) is 0 Å². The lowest BCUT2D eigenvalue weighted by atomic mass is 10.4. The van der Waals surface area contributed by atoms with E-state index in [1.54, 1.807) is 13.2 Å². The van der Waals surface area contributed by atoms with Gasteiger partial charge < -0.3 is 20.1 Å². The highest BCUT2D eigenvalue weighted by Crippen LogP contribution is 1.85. The van der Waals surface area contributed by atoms with Crippen molar-refractivity contribution in [1.29, 1.82) is 0 Å². The predicted molar refractivity (Wildman–Crippen MR) is 86.9 cm³/mol. The average Bonchev–Trinajstić information content (AvgIpc) is 2.34. The van der Waals surface area contributed by atoms with Crippen LogP contribution >= 0.6 is 24.0 Å². The van der Waals surface area contributed by atoms with Gasteiger partial charge >= 0.3 is 0 Å². The summed E-state index contributed by atoms with van der Waals surface area (Å²) in [6.45, 7) is 10.0. The quantitative estimate of drug-likeness (QED) is 0.200. The zero-order valence-electron chi connectivity index (χ0n) is 11.4. The molecule has 0 aliphatic rings. The van der Waals surface area contributed by atoms with E-state index in [1.165, 1.54) is 0 Å². The zero-order valence-corrected chi connectivity index (χ0v) is 13.7. The molecule has 108 valence electrons. The number of nitrogens with zero attached hydrogens (tertiary/aromatic N) is 1. The number of hydrogen-bond donors (Lipinski definition) is 2. The fraction of sp³-hybridized carbons (Fsp3) is 0.750. The lowest BCUT2D eigenvalue weighted by Crippen LogP contribution is -2.37. The molecular formula is C12H26IN3O2. The van der Waals surface area contributed by atoms with Crippen molar-refractivity contribution in [3.63, 3.8) is 0 Å². The van der Waals surface area contributed by atoms with Crippen LogP contribution in [0.3, 0.4) is 0 Å². The SMILES string of the molecule is C=CCNC(=NCCCOCCOC)NCC.I. The monoisotopic (exact) mass is 371 g/mol. The van der Waals surface area contributed by atoms with E-state index in [9.17, 15) is 0 Å². The second-order valence-corrected chi connectivity index (χ2v) is 3.39. The first-order valence-electron chi connectivity index (χ1n) is 6.04. The fourth-order valence-electron chi connectivity index (χ4n) is 1.11. The summed E-state index contributed by atoms with van der Waals surface area (Å²) in [4.78, 5) is 4.40. The molecule has 0 aliphatic heterocycles. The normalized spacial score (nSPS) is 10.7. The van der Waals surface area contributed by atoms with Gasteiger partial charge in [-0.1, -0.05) is 6.08 Å². The average molecular weight is 371 g/mol. The van der Waals surface area contributed by atoms with Crippen LogP contribution in [-0.4, -0.2) is 52.5 Å². The van der Waals surface area contributed by atoms with Gasteiger partial charge in [0.15, 0.2) is 5.96 Å². The Morgan fingerprint density at radius 1 is 1.28 bits per heavy atom. The number of nitrogens with one attached hydrogen (secondary N) is 2. The third-order valence-electron chi connectivity index (χ3n) is 1.91. The molecule has 0 fully saturated rings. The maximum absolute atomic E-state index is 5.35. The van der Waals surface area contributed by atoms with Gasteiger partial charge in [-0.15, -0.1) is 30.6 Å². The molecule has 0 unspecified atom stereocenters. The molecule has 0 saturated carbocycles. The van der Waals surface area contributed by atoms with Gasteiger partial charge in [-0.05, 0) is 13.3 Å². The van der Waals surface area contributed by atoms with Crippen LogP contribution < -0.4 is 10.6 Å². The van der Waals surface area contributed by atoms with Crippen LogP contribution in [0.2, 0.25) is 0 Å². The Kier molecular flexibility index (Phi) is 18.5. The highest BCUT2D eigenvalue weighted by molar-refractivity contribution is 14.0. The topological polar surface area (TPSA) is 54.9 Å². The summed E-state index contributed by atoms with van der Waals surface area (Å²) in [6.07, 6.45) is 2.72. The molecule has 0 rings (SSSR count). The minimum Gasteiger partial charge on any atom is -0.382 e. The van der Waals surface area contributed by atoms with E-state index in [0.717, 1.165) is 32.0 Å². The number of halogens is 1. The van der Waals surface area contributed by atoms with Gasteiger partial charge in [0.05, 0.1) is 13.2 Å². The fourth-order valence-corrected chi connectivity index (χ4v) is 1.11. The van der Waals surface area contributed by atoms with Gasteiger partial charge in [-0.25, -0.2) is 0 Å². The van der Waals surface area contributed by atoms with Crippen LogP contribution in [-0.2, 0) is 9.47 Å². The van der Waals surface area contributed by atoms with Crippen molar-refractivity contribution in [2.45, 2.75) is 13.3 Å². The summed E-state index contributed by atoms with van der Waals surface area (Å²) in [5.74, 6) is 0.823. The molecule has 2 N–H and O–H groups in total. The van der Waals surface area contributed by atoms with E-state index in [4.69, 9.17) is 9.47 Å². The van der Waals surface area contributed by atoms with Crippen molar-refractivity contribution in [2.75, 3.05) is 46.6 Å². The Hall–Kier alpha value is -0.340. The second-order valence-electron chi connectivity index (χ2n) is 3.39. The smallest absolute Gasteiger partial charge is 0.191 e. The highest BCUT2D eigenvalue weighted by Gasteiger charge is 1.94. The van der Waals surface area contributed by atoms with Crippen LogP contribution in [0.1, 0.15) is 13.3 Å². The van der Waals surface area contributed by atoms with E-state index < -0.39 is 0 Å². The van der Waals surface area contributed by atoms with Crippen molar-refractivity contribution in [2.24, 2.45) is 4.99 Å². The zero-order chi connectivity index (χ0) is 12.8. The van der Waals surface area contributed by atoms with E-state index in [2.05, 4.69) is 22.2 Å². The number of aliphatic imine (C=N–C) groups is 1. The van der Waals surface area contributed by atoms with Crippen molar-refractivity contribution >= 4 is 29.9 Å². The maximum atomic E-state index is 5.35. The third-order valence-corrected chi connectivity index (χ3v) is 1.91. The summed E-state index contributed by atoms with van der Waals surface area (Å²) in [5, 5.41) is 6.30. The van der Waals surface area contributed by atoms with Crippen LogP contribution in [0.25, 0.3) is 0 Å². The lowest BCUT2D eigenvalue weighted by Gasteiger charge is -2.09. The van der Waals surface area contributed by atoms with E-state index in [1.807, 2.05) is 6.92 Å². The largest absolute Gasteiger partial charge is 0.382 e. The maximum Gasteiger partial charge on any atom is 0.191 e. The number of hydrogen-bond acceptors (Lipinski definition) is 3. The molecule has 0 radical (unpaired) electrons. The minimum atomic E-state index is 0. The number of methoxy groups -OCH3 is 1. The van der Waals surface area contributed by atoms with Gasteiger partial charge in [0, 0.05) is 33.4 Å². The van der Waals surface area contributed by atoms with Crippen LogP contribution in [0.5, 0.6) is 0 Å². The molecule has 0 saturated heterocycles. The van der Waals surface area contributed by atoms with Crippen molar-refractivity contribution in [3.8, 4) is 0 Å². The summed E-state index contributed by atoms with van der Waals surface area (Å²) >= 11 is 0. The molecule has 0 atom stereocenters. The number of ether oxygens (including phenoxy) is 2. The first-order valence-corrected chi connectivity index (χ1v) is 6.04. The molecule has 0 aromatic heterocycles.